The summed E-state index contributed by atoms with van der Waals surface area (Å²) in [5.41, 5.74) is 2.85. The van der Waals surface area contributed by atoms with Crippen LogP contribution < -0.4 is 19.5 Å². The van der Waals surface area contributed by atoms with Crippen molar-refractivity contribution in [2.45, 2.75) is 32.4 Å². The number of hydrogen-bond donors (Lipinski definition) is 2. The summed E-state index contributed by atoms with van der Waals surface area (Å²) in [4.78, 5) is 0. The number of ether oxygens (including phenoxy) is 3. The van der Waals surface area contributed by atoms with Gasteiger partial charge in [0.1, 0.15) is 18.5 Å². The highest BCUT2D eigenvalue weighted by molar-refractivity contribution is 5.70. The number of para-hydroxylation sites is 1. The highest BCUT2D eigenvalue weighted by Crippen LogP contribution is 2.28. The summed E-state index contributed by atoms with van der Waals surface area (Å²) in [6.07, 6.45) is 3.90. The molecule has 0 amide bonds. The van der Waals surface area contributed by atoms with Crippen LogP contribution in [0.4, 0.5) is 0 Å². The molecule has 176 valence electrons. The Morgan fingerprint density at radius 2 is 1.82 bits per heavy atom. The first kappa shape index (κ1) is 24.4. The van der Waals surface area contributed by atoms with Crippen molar-refractivity contribution in [2.75, 3.05) is 27.4 Å². The Hall–Kier alpha value is -3.29. The summed E-state index contributed by atoms with van der Waals surface area (Å²) in [6, 6.07) is 15.6. The van der Waals surface area contributed by atoms with E-state index in [0.717, 1.165) is 23.2 Å². The third-order valence-electron chi connectivity index (χ3n) is 5.12. The van der Waals surface area contributed by atoms with Crippen molar-refractivity contribution >= 4 is 12.2 Å². The third-order valence-corrected chi connectivity index (χ3v) is 5.12. The zero-order chi connectivity index (χ0) is 23.6. The molecule has 0 aliphatic rings. The topological polar surface area (TPSA) is 86.0 Å². The van der Waals surface area contributed by atoms with Crippen LogP contribution in [0.1, 0.15) is 29.5 Å². The van der Waals surface area contributed by atoms with Crippen LogP contribution >= 0.6 is 0 Å². The smallest absolute Gasteiger partial charge is 0.160 e. The van der Waals surface area contributed by atoms with Crippen LogP contribution in [-0.2, 0) is 6.42 Å². The molecule has 1 heterocycles. The maximum atomic E-state index is 10.4. The minimum Gasteiger partial charge on any atom is -0.493 e. The summed E-state index contributed by atoms with van der Waals surface area (Å²) in [5.74, 6) is 2.79. The van der Waals surface area contributed by atoms with E-state index in [2.05, 4.69) is 17.4 Å². The molecule has 0 saturated heterocycles. The normalized spacial score (nSPS) is 13.1. The molecule has 2 aromatic carbocycles. The van der Waals surface area contributed by atoms with Crippen LogP contribution in [0.2, 0.25) is 0 Å². The average molecular weight is 453 g/mol. The van der Waals surface area contributed by atoms with Gasteiger partial charge in [0.25, 0.3) is 0 Å². The first-order valence-electron chi connectivity index (χ1n) is 10.9. The number of hydrogen-bond acceptors (Lipinski definition) is 7. The maximum Gasteiger partial charge on any atom is 0.160 e. The van der Waals surface area contributed by atoms with Gasteiger partial charge in [-0.1, -0.05) is 29.4 Å². The van der Waals surface area contributed by atoms with Crippen molar-refractivity contribution in [3.63, 3.8) is 0 Å². The number of rotatable bonds is 12. The molecule has 7 nitrogen and oxygen atoms in total. The Balaban J connectivity index is 1.48. The largest absolute Gasteiger partial charge is 0.493 e. The van der Waals surface area contributed by atoms with E-state index in [1.807, 2.05) is 67.6 Å². The van der Waals surface area contributed by atoms with E-state index in [9.17, 15) is 5.11 Å². The van der Waals surface area contributed by atoms with Crippen LogP contribution in [0.15, 0.2) is 53.1 Å². The number of aliphatic hydroxyl groups is 1. The second kappa shape index (κ2) is 12.1. The zero-order valence-electron chi connectivity index (χ0n) is 19.6. The number of benzene rings is 2. The van der Waals surface area contributed by atoms with Gasteiger partial charge in [0, 0.05) is 24.2 Å². The van der Waals surface area contributed by atoms with E-state index < -0.39 is 6.10 Å². The molecule has 2 unspecified atom stereocenters. The fourth-order valence-corrected chi connectivity index (χ4v) is 3.40. The molecule has 0 radical (unpaired) electrons. The number of nitrogens with zero attached hydrogens (tertiary/aromatic N) is 1. The summed E-state index contributed by atoms with van der Waals surface area (Å²) in [5, 5.41) is 17.7. The monoisotopic (exact) mass is 452 g/mol. The van der Waals surface area contributed by atoms with Gasteiger partial charge in [-0.25, -0.2) is 0 Å². The predicted molar refractivity (Wildman–Crippen MR) is 129 cm³/mol. The fraction of sp³-hybridized carbons (Fsp3) is 0.346. The van der Waals surface area contributed by atoms with Gasteiger partial charge in [-0.05, 0) is 56.2 Å². The molecule has 3 aromatic rings. The van der Waals surface area contributed by atoms with Gasteiger partial charge in [0.05, 0.1) is 19.9 Å². The van der Waals surface area contributed by atoms with Gasteiger partial charge >= 0.3 is 0 Å². The highest BCUT2D eigenvalue weighted by atomic mass is 16.5. The molecule has 0 aliphatic carbocycles. The Kier molecular flexibility index (Phi) is 8.92. The number of methoxy groups -OCH3 is 2. The number of aromatic nitrogens is 1. The van der Waals surface area contributed by atoms with E-state index in [1.165, 1.54) is 0 Å². The molecule has 33 heavy (non-hydrogen) atoms. The van der Waals surface area contributed by atoms with Gasteiger partial charge in [0.15, 0.2) is 17.3 Å². The van der Waals surface area contributed by atoms with Crippen LogP contribution in [0.3, 0.4) is 0 Å². The van der Waals surface area contributed by atoms with E-state index in [-0.39, 0.29) is 12.6 Å². The molecular formula is C26H32N2O5. The van der Waals surface area contributed by atoms with E-state index in [0.29, 0.717) is 29.6 Å². The molecule has 7 heteroatoms. The number of aryl methyl sites for hydroxylation is 1. The van der Waals surface area contributed by atoms with E-state index in [1.54, 1.807) is 14.2 Å². The zero-order valence-corrected chi connectivity index (χ0v) is 19.6. The molecule has 1 aromatic heterocycles. The number of nitrogens with one attached hydrogen (secondary N) is 1. The van der Waals surface area contributed by atoms with Gasteiger partial charge in [-0.2, -0.15) is 0 Å². The van der Waals surface area contributed by atoms with Gasteiger partial charge in [-0.3, -0.25) is 0 Å². The van der Waals surface area contributed by atoms with Crippen molar-refractivity contribution in [3.8, 4) is 17.2 Å². The average Bonchev–Trinajstić information content (AvgIpc) is 3.25. The minimum atomic E-state index is -0.646. The van der Waals surface area contributed by atoms with Crippen molar-refractivity contribution in [2.24, 2.45) is 0 Å². The van der Waals surface area contributed by atoms with Crippen LogP contribution in [-0.4, -0.2) is 49.8 Å². The standard InChI is InChI=1S/C26H32N2O5/c1-18(13-20-9-12-25(30-3)26(15-20)31-4)27-16-22(29)17-32-24-8-6-5-7-21(24)10-11-23-14-19(2)28-33-23/h5-12,14-15,18,22,27,29H,13,16-17H2,1-4H3/b11-10-. The molecular weight excluding hydrogens is 420 g/mol. The van der Waals surface area contributed by atoms with Crippen LogP contribution in [0, 0.1) is 6.92 Å². The Morgan fingerprint density at radius 3 is 2.55 bits per heavy atom. The van der Waals surface area contributed by atoms with E-state index in [4.69, 9.17) is 18.7 Å². The predicted octanol–water partition coefficient (Wildman–Crippen LogP) is 4.13. The Labute approximate surface area is 195 Å². The van der Waals surface area contributed by atoms with Gasteiger partial charge in [-0.15, -0.1) is 0 Å². The SMILES string of the molecule is COc1ccc(CC(C)NCC(O)COc2ccccc2/C=C\c2cc(C)no2)cc1OC. The lowest BCUT2D eigenvalue weighted by Gasteiger charge is -2.19. The summed E-state index contributed by atoms with van der Waals surface area (Å²) < 4.78 is 21.7. The molecule has 0 fully saturated rings. The van der Waals surface area contributed by atoms with Gasteiger partial charge < -0.3 is 29.2 Å². The second-order valence-corrected chi connectivity index (χ2v) is 7.91. The number of aliphatic hydroxyl groups excluding tert-OH is 1. The molecule has 2 N–H and O–H groups in total. The van der Waals surface area contributed by atoms with Gasteiger partial charge in [0.2, 0.25) is 0 Å². The van der Waals surface area contributed by atoms with Crippen molar-refractivity contribution in [3.05, 3.63) is 71.1 Å². The fourth-order valence-electron chi connectivity index (χ4n) is 3.40. The third kappa shape index (κ3) is 7.37. The molecule has 2 atom stereocenters. The maximum absolute atomic E-state index is 10.4. The minimum absolute atomic E-state index is 0.165. The van der Waals surface area contributed by atoms with Crippen LogP contribution in [0.5, 0.6) is 17.2 Å². The first-order valence-corrected chi connectivity index (χ1v) is 10.9. The lowest BCUT2D eigenvalue weighted by molar-refractivity contribution is 0.104. The molecule has 0 spiro atoms. The van der Waals surface area contributed by atoms with E-state index >= 15 is 0 Å². The lowest BCUT2D eigenvalue weighted by Crippen LogP contribution is -2.37. The quantitative estimate of drug-likeness (QED) is 0.427. The van der Waals surface area contributed by atoms with Crippen molar-refractivity contribution in [1.29, 1.82) is 0 Å². The molecule has 0 bridgehead atoms. The molecule has 0 saturated carbocycles. The van der Waals surface area contributed by atoms with Crippen molar-refractivity contribution in [1.82, 2.24) is 10.5 Å². The Bertz CT molecular complexity index is 1050. The molecule has 0 aliphatic heterocycles. The molecule has 3 rings (SSSR count). The first-order chi connectivity index (χ1) is 16.0. The van der Waals surface area contributed by atoms with Crippen LogP contribution in [0.25, 0.3) is 12.2 Å². The second-order valence-electron chi connectivity index (χ2n) is 7.91. The Morgan fingerprint density at radius 1 is 1.03 bits per heavy atom. The van der Waals surface area contributed by atoms with Crippen molar-refractivity contribution < 1.29 is 23.8 Å². The lowest BCUT2D eigenvalue weighted by atomic mass is 10.1. The highest BCUT2D eigenvalue weighted by Gasteiger charge is 2.11. The summed E-state index contributed by atoms with van der Waals surface area (Å²) >= 11 is 0. The summed E-state index contributed by atoms with van der Waals surface area (Å²) in [6.45, 7) is 4.56. The summed E-state index contributed by atoms with van der Waals surface area (Å²) in [7, 11) is 3.25.